The molecule has 1 heterocycles. The molecule has 4 rings (SSSR count). The molecule has 1 fully saturated rings. The molecule has 8 heteroatoms. The number of Topliss-reactive ketones (excluding diaryl/α,β-unsaturated/α-hetero) is 1. The molecule has 184 valence electrons. The number of nitrogens with one attached hydrogen (secondary N) is 1. The SMILES string of the molecule is COc1ccc(C(=O)CNc2ccc(S(=O)(=O)N3CCC(Cc4ccccc4)CC3)cc2)cc1Cl. The number of sulfonamides is 1. The number of anilines is 1. The van der Waals surface area contributed by atoms with Gasteiger partial charge in [-0.15, -0.1) is 0 Å². The highest BCUT2D eigenvalue weighted by Crippen LogP contribution is 2.27. The number of rotatable bonds is 9. The number of carbonyl (C=O) groups excluding carboxylic acids is 1. The summed E-state index contributed by atoms with van der Waals surface area (Å²) in [6, 6.07) is 21.8. The fraction of sp³-hybridized carbons (Fsp3) is 0.296. The van der Waals surface area contributed by atoms with Crippen LogP contribution in [0, 0.1) is 5.92 Å². The van der Waals surface area contributed by atoms with Crippen molar-refractivity contribution < 1.29 is 17.9 Å². The van der Waals surface area contributed by atoms with Gasteiger partial charge < -0.3 is 10.1 Å². The number of benzene rings is 3. The summed E-state index contributed by atoms with van der Waals surface area (Å²) in [5.41, 5.74) is 2.43. The second-order valence-electron chi connectivity index (χ2n) is 8.69. The van der Waals surface area contributed by atoms with Gasteiger partial charge in [0, 0.05) is 24.3 Å². The van der Waals surface area contributed by atoms with E-state index in [9.17, 15) is 13.2 Å². The lowest BCUT2D eigenvalue weighted by atomic mass is 9.91. The number of halogens is 1. The van der Waals surface area contributed by atoms with Gasteiger partial charge in [0.25, 0.3) is 0 Å². The predicted octanol–water partition coefficient (Wildman–Crippen LogP) is 5.29. The predicted molar refractivity (Wildman–Crippen MR) is 139 cm³/mol. The molecule has 35 heavy (non-hydrogen) atoms. The van der Waals surface area contributed by atoms with E-state index in [1.54, 1.807) is 46.8 Å². The van der Waals surface area contributed by atoms with Gasteiger partial charge in [0.05, 0.1) is 23.6 Å². The minimum Gasteiger partial charge on any atom is -0.495 e. The molecule has 3 aromatic carbocycles. The van der Waals surface area contributed by atoms with Gasteiger partial charge in [-0.05, 0) is 73.2 Å². The normalized spacial score (nSPS) is 15.0. The number of carbonyl (C=O) groups is 1. The molecule has 0 spiro atoms. The Morgan fingerprint density at radius 1 is 1.03 bits per heavy atom. The second-order valence-corrected chi connectivity index (χ2v) is 11.0. The first-order valence-corrected chi connectivity index (χ1v) is 13.4. The summed E-state index contributed by atoms with van der Waals surface area (Å²) in [6.45, 7) is 1.11. The van der Waals surface area contributed by atoms with Gasteiger partial charge in [-0.3, -0.25) is 4.79 Å². The minimum atomic E-state index is -3.55. The van der Waals surface area contributed by atoms with Gasteiger partial charge in [-0.1, -0.05) is 41.9 Å². The van der Waals surface area contributed by atoms with Crippen LogP contribution in [0.5, 0.6) is 5.75 Å². The quantitative estimate of drug-likeness (QED) is 0.394. The summed E-state index contributed by atoms with van der Waals surface area (Å²) in [4.78, 5) is 12.7. The first-order valence-electron chi connectivity index (χ1n) is 11.6. The van der Waals surface area contributed by atoms with Gasteiger partial charge >= 0.3 is 0 Å². The molecule has 1 aliphatic heterocycles. The topological polar surface area (TPSA) is 75.7 Å². The van der Waals surface area contributed by atoms with E-state index in [0.717, 1.165) is 19.3 Å². The van der Waals surface area contributed by atoms with Crippen molar-refractivity contribution in [3.05, 3.63) is 88.9 Å². The Morgan fingerprint density at radius 2 is 1.71 bits per heavy atom. The third kappa shape index (κ3) is 6.23. The summed E-state index contributed by atoms with van der Waals surface area (Å²) in [7, 11) is -2.03. The molecule has 0 aromatic heterocycles. The van der Waals surface area contributed by atoms with E-state index in [4.69, 9.17) is 16.3 Å². The van der Waals surface area contributed by atoms with Crippen molar-refractivity contribution in [2.24, 2.45) is 5.92 Å². The summed E-state index contributed by atoms with van der Waals surface area (Å²) < 4.78 is 32.9. The maximum absolute atomic E-state index is 13.1. The lowest BCUT2D eigenvalue weighted by molar-refractivity contribution is 0.101. The molecule has 0 amide bonds. The van der Waals surface area contributed by atoms with Gasteiger partial charge in [-0.25, -0.2) is 8.42 Å². The van der Waals surface area contributed by atoms with Crippen molar-refractivity contribution in [2.75, 3.05) is 32.1 Å². The fourth-order valence-electron chi connectivity index (χ4n) is 4.32. The molecule has 0 saturated carbocycles. The Bertz CT molecular complexity index is 1260. The van der Waals surface area contributed by atoms with Crippen LogP contribution in [-0.2, 0) is 16.4 Å². The highest BCUT2D eigenvalue weighted by molar-refractivity contribution is 7.89. The summed E-state index contributed by atoms with van der Waals surface area (Å²) in [5.74, 6) is 0.867. The minimum absolute atomic E-state index is 0.0592. The third-order valence-electron chi connectivity index (χ3n) is 6.36. The Labute approximate surface area is 211 Å². The average molecular weight is 513 g/mol. The highest BCUT2D eigenvalue weighted by atomic mass is 35.5. The Hall–Kier alpha value is -2.87. The number of hydrogen-bond donors (Lipinski definition) is 1. The number of nitrogens with zero attached hydrogens (tertiary/aromatic N) is 1. The van der Waals surface area contributed by atoms with Gasteiger partial charge in [0.2, 0.25) is 10.0 Å². The number of hydrogen-bond acceptors (Lipinski definition) is 5. The van der Waals surface area contributed by atoms with E-state index in [-0.39, 0.29) is 17.2 Å². The zero-order chi connectivity index (χ0) is 24.8. The van der Waals surface area contributed by atoms with E-state index < -0.39 is 10.0 Å². The first-order chi connectivity index (χ1) is 16.9. The van der Waals surface area contributed by atoms with Gasteiger partial charge in [0.15, 0.2) is 5.78 Å². The van der Waals surface area contributed by atoms with E-state index in [1.807, 2.05) is 18.2 Å². The summed E-state index contributed by atoms with van der Waals surface area (Å²) >= 11 is 6.10. The molecule has 0 bridgehead atoms. The molecule has 1 aliphatic rings. The van der Waals surface area contributed by atoms with Crippen LogP contribution in [-0.4, -0.2) is 45.3 Å². The fourth-order valence-corrected chi connectivity index (χ4v) is 6.05. The molecule has 0 radical (unpaired) electrons. The molecule has 0 atom stereocenters. The van der Waals surface area contributed by atoms with Crippen molar-refractivity contribution in [3.63, 3.8) is 0 Å². The number of piperidine rings is 1. The van der Waals surface area contributed by atoms with E-state index in [2.05, 4.69) is 17.4 Å². The van der Waals surface area contributed by atoms with E-state index in [1.165, 1.54) is 12.7 Å². The van der Waals surface area contributed by atoms with Crippen LogP contribution in [0.25, 0.3) is 0 Å². The van der Waals surface area contributed by atoms with Crippen molar-refractivity contribution >= 4 is 33.1 Å². The first kappa shape index (κ1) is 25.2. The van der Waals surface area contributed by atoms with Crippen LogP contribution in [0.3, 0.4) is 0 Å². The smallest absolute Gasteiger partial charge is 0.243 e. The Kier molecular flexibility index (Phi) is 8.11. The van der Waals surface area contributed by atoms with Crippen LogP contribution < -0.4 is 10.1 Å². The van der Waals surface area contributed by atoms with Gasteiger partial charge in [0.1, 0.15) is 5.75 Å². The second kappa shape index (κ2) is 11.2. The standard InChI is InChI=1S/C27H29ClN2O4S/c1-34-27-12-7-22(18-25(27)28)26(31)19-29-23-8-10-24(11-9-23)35(32,33)30-15-13-21(14-16-30)17-20-5-3-2-4-6-20/h2-12,18,21,29H,13-17,19H2,1H3. The van der Waals surface area contributed by atoms with Crippen LogP contribution in [0.15, 0.2) is 77.7 Å². The molecule has 6 nitrogen and oxygen atoms in total. The monoisotopic (exact) mass is 512 g/mol. The molecular weight excluding hydrogens is 484 g/mol. The maximum Gasteiger partial charge on any atom is 0.243 e. The van der Waals surface area contributed by atoms with E-state index >= 15 is 0 Å². The number of ketones is 1. The lowest BCUT2D eigenvalue weighted by Crippen LogP contribution is -2.38. The van der Waals surface area contributed by atoms with Crippen molar-refractivity contribution in [1.29, 1.82) is 0 Å². The molecule has 1 N–H and O–H groups in total. The van der Waals surface area contributed by atoms with Crippen LogP contribution in [0.1, 0.15) is 28.8 Å². The summed E-state index contributed by atoms with van der Waals surface area (Å²) in [5, 5.41) is 3.42. The molecule has 0 aliphatic carbocycles. The Balaban J connectivity index is 1.31. The molecule has 1 saturated heterocycles. The third-order valence-corrected chi connectivity index (χ3v) is 8.57. The molecule has 0 unspecified atom stereocenters. The van der Waals surface area contributed by atoms with E-state index in [0.29, 0.717) is 41.0 Å². The van der Waals surface area contributed by atoms with Crippen LogP contribution in [0.2, 0.25) is 5.02 Å². The van der Waals surface area contributed by atoms with Crippen LogP contribution >= 0.6 is 11.6 Å². The molecule has 3 aromatic rings. The molecular formula is C27H29ClN2O4S. The Morgan fingerprint density at radius 3 is 2.34 bits per heavy atom. The highest BCUT2D eigenvalue weighted by Gasteiger charge is 2.29. The zero-order valence-electron chi connectivity index (χ0n) is 19.6. The summed E-state index contributed by atoms with van der Waals surface area (Å²) in [6.07, 6.45) is 2.69. The van der Waals surface area contributed by atoms with Crippen molar-refractivity contribution in [3.8, 4) is 5.75 Å². The largest absolute Gasteiger partial charge is 0.495 e. The van der Waals surface area contributed by atoms with Crippen LogP contribution in [0.4, 0.5) is 5.69 Å². The lowest BCUT2D eigenvalue weighted by Gasteiger charge is -2.31. The maximum atomic E-state index is 13.1. The van der Waals surface area contributed by atoms with Crippen molar-refractivity contribution in [1.82, 2.24) is 4.31 Å². The van der Waals surface area contributed by atoms with Gasteiger partial charge in [-0.2, -0.15) is 4.31 Å². The number of methoxy groups -OCH3 is 1. The zero-order valence-corrected chi connectivity index (χ0v) is 21.2. The number of ether oxygens (including phenoxy) is 1. The van der Waals surface area contributed by atoms with Crippen molar-refractivity contribution in [2.45, 2.75) is 24.2 Å². The average Bonchev–Trinajstić information content (AvgIpc) is 2.88.